The highest BCUT2D eigenvalue weighted by Crippen LogP contribution is 2.26. The van der Waals surface area contributed by atoms with Gasteiger partial charge in [0.15, 0.2) is 0 Å². The Hall–Kier alpha value is -1.51. The molecule has 0 aliphatic carbocycles. The van der Waals surface area contributed by atoms with Crippen molar-refractivity contribution in [1.29, 1.82) is 0 Å². The molecule has 3 heteroatoms. The van der Waals surface area contributed by atoms with Gasteiger partial charge in [0.2, 0.25) is 0 Å². The van der Waals surface area contributed by atoms with Crippen molar-refractivity contribution in [1.82, 2.24) is 5.43 Å². The highest BCUT2D eigenvalue weighted by molar-refractivity contribution is 6.31. The van der Waals surface area contributed by atoms with Gasteiger partial charge in [0.1, 0.15) is 0 Å². The molecule has 0 heterocycles. The van der Waals surface area contributed by atoms with E-state index < -0.39 is 0 Å². The first-order chi connectivity index (χ1) is 9.47. The van der Waals surface area contributed by atoms with Gasteiger partial charge in [-0.1, -0.05) is 62.7 Å². The van der Waals surface area contributed by atoms with Crippen molar-refractivity contribution < 1.29 is 0 Å². The Bertz CT molecular complexity index is 559. The molecule has 0 amide bonds. The van der Waals surface area contributed by atoms with Crippen molar-refractivity contribution in [3.05, 3.63) is 64.7 Å². The molecule has 2 nitrogen and oxygen atoms in total. The number of hydrogen-bond acceptors (Lipinski definition) is 2. The highest BCUT2D eigenvalue weighted by atomic mass is 35.5. The van der Waals surface area contributed by atoms with Crippen LogP contribution in [0.2, 0.25) is 5.02 Å². The number of hydrazine groups is 1. The zero-order valence-electron chi connectivity index (χ0n) is 12.2. The molecule has 0 bridgehead atoms. The van der Waals surface area contributed by atoms with Crippen LogP contribution >= 0.6 is 11.6 Å². The molecule has 2 rings (SSSR count). The fourth-order valence-electron chi connectivity index (χ4n) is 1.94. The molecule has 0 aliphatic rings. The SMILES string of the molecule is CC(C)(C)c1ccc(Cl)c(CNNc2ccccc2)c1. The van der Waals surface area contributed by atoms with E-state index in [9.17, 15) is 0 Å². The summed E-state index contributed by atoms with van der Waals surface area (Å²) in [6.07, 6.45) is 0. The average Bonchev–Trinajstić information content (AvgIpc) is 2.41. The standard InChI is InChI=1S/C17H21ClN2/c1-17(2,3)14-9-10-16(18)13(11-14)12-19-20-15-7-5-4-6-8-15/h4-11,19-20H,12H2,1-3H3. The molecule has 0 saturated carbocycles. The maximum Gasteiger partial charge on any atom is 0.0487 e. The predicted molar refractivity (Wildman–Crippen MR) is 87.1 cm³/mol. The summed E-state index contributed by atoms with van der Waals surface area (Å²) in [5, 5.41) is 0.792. The van der Waals surface area contributed by atoms with Crippen LogP contribution in [0, 0.1) is 0 Å². The third kappa shape index (κ3) is 3.99. The van der Waals surface area contributed by atoms with Crippen molar-refractivity contribution in [3.8, 4) is 0 Å². The van der Waals surface area contributed by atoms with Crippen LogP contribution in [0.1, 0.15) is 31.9 Å². The largest absolute Gasteiger partial charge is 0.321 e. The third-order valence-electron chi connectivity index (χ3n) is 3.20. The minimum atomic E-state index is 0.131. The van der Waals surface area contributed by atoms with E-state index in [0.717, 1.165) is 16.3 Å². The van der Waals surface area contributed by atoms with Crippen LogP contribution in [-0.2, 0) is 12.0 Å². The summed E-state index contributed by atoms with van der Waals surface area (Å²) >= 11 is 6.26. The Morgan fingerprint density at radius 2 is 1.70 bits per heavy atom. The maximum absolute atomic E-state index is 6.26. The number of rotatable bonds is 4. The number of benzene rings is 2. The highest BCUT2D eigenvalue weighted by Gasteiger charge is 2.14. The molecule has 0 fully saturated rings. The summed E-state index contributed by atoms with van der Waals surface area (Å²) in [4.78, 5) is 0. The molecule has 20 heavy (non-hydrogen) atoms. The third-order valence-corrected chi connectivity index (χ3v) is 3.57. The lowest BCUT2D eigenvalue weighted by Crippen LogP contribution is -2.21. The predicted octanol–water partition coefficient (Wildman–Crippen LogP) is 4.75. The quantitative estimate of drug-likeness (QED) is 0.793. The molecule has 0 aliphatic heterocycles. The monoisotopic (exact) mass is 288 g/mol. The Morgan fingerprint density at radius 3 is 2.35 bits per heavy atom. The van der Waals surface area contributed by atoms with E-state index in [1.165, 1.54) is 5.56 Å². The van der Waals surface area contributed by atoms with Gasteiger partial charge in [-0.2, -0.15) is 0 Å². The van der Waals surface area contributed by atoms with Crippen molar-refractivity contribution in [2.24, 2.45) is 0 Å². The number of hydrogen-bond donors (Lipinski definition) is 2. The molecule has 106 valence electrons. The number of nitrogens with one attached hydrogen (secondary N) is 2. The zero-order valence-corrected chi connectivity index (χ0v) is 13.0. The molecule has 0 radical (unpaired) electrons. The van der Waals surface area contributed by atoms with E-state index in [1.54, 1.807) is 0 Å². The number of anilines is 1. The van der Waals surface area contributed by atoms with E-state index in [-0.39, 0.29) is 5.41 Å². The lowest BCUT2D eigenvalue weighted by atomic mass is 9.86. The fourth-order valence-corrected chi connectivity index (χ4v) is 2.12. The summed E-state index contributed by atoms with van der Waals surface area (Å²) in [5.74, 6) is 0. The summed E-state index contributed by atoms with van der Waals surface area (Å²) < 4.78 is 0. The maximum atomic E-state index is 6.26. The van der Waals surface area contributed by atoms with E-state index in [2.05, 4.69) is 43.8 Å². The van der Waals surface area contributed by atoms with Gasteiger partial charge in [0.25, 0.3) is 0 Å². The molecular formula is C17H21ClN2. The Morgan fingerprint density at radius 1 is 1.00 bits per heavy atom. The molecule has 2 aromatic rings. The van der Waals surface area contributed by atoms with Crippen molar-refractivity contribution in [3.63, 3.8) is 0 Å². The topological polar surface area (TPSA) is 24.1 Å². The Balaban J connectivity index is 2.02. The van der Waals surface area contributed by atoms with Gasteiger partial charge >= 0.3 is 0 Å². The normalized spacial score (nSPS) is 11.4. The summed E-state index contributed by atoms with van der Waals surface area (Å²) in [5.41, 5.74) is 9.93. The first kappa shape index (κ1) is 14.9. The minimum absolute atomic E-state index is 0.131. The molecule has 0 saturated heterocycles. The molecule has 2 N–H and O–H groups in total. The van der Waals surface area contributed by atoms with E-state index >= 15 is 0 Å². The van der Waals surface area contributed by atoms with Crippen molar-refractivity contribution in [2.75, 3.05) is 5.43 Å². The van der Waals surface area contributed by atoms with Crippen LogP contribution < -0.4 is 10.9 Å². The van der Waals surface area contributed by atoms with Gasteiger partial charge in [0.05, 0.1) is 0 Å². The van der Waals surface area contributed by atoms with Crippen LogP contribution in [0.3, 0.4) is 0 Å². The number of halogens is 1. The first-order valence-electron chi connectivity index (χ1n) is 6.79. The molecule has 2 aromatic carbocycles. The van der Waals surface area contributed by atoms with Gasteiger partial charge in [-0.15, -0.1) is 0 Å². The van der Waals surface area contributed by atoms with Crippen LogP contribution in [-0.4, -0.2) is 0 Å². The van der Waals surface area contributed by atoms with E-state index in [4.69, 9.17) is 11.6 Å². The second-order valence-corrected chi connectivity index (χ2v) is 6.31. The van der Waals surface area contributed by atoms with Crippen LogP contribution in [0.15, 0.2) is 48.5 Å². The van der Waals surface area contributed by atoms with Gasteiger partial charge in [0, 0.05) is 17.3 Å². The second-order valence-electron chi connectivity index (χ2n) is 5.90. The summed E-state index contributed by atoms with van der Waals surface area (Å²) in [7, 11) is 0. The average molecular weight is 289 g/mol. The van der Waals surface area contributed by atoms with Gasteiger partial charge in [-0.25, -0.2) is 5.43 Å². The molecule has 0 atom stereocenters. The van der Waals surface area contributed by atoms with Gasteiger partial charge in [-0.3, -0.25) is 0 Å². The molecule has 0 aromatic heterocycles. The lowest BCUT2D eigenvalue weighted by molar-refractivity contribution is 0.588. The van der Waals surface area contributed by atoms with Gasteiger partial charge in [-0.05, 0) is 34.7 Å². The zero-order chi connectivity index (χ0) is 14.6. The van der Waals surface area contributed by atoms with Crippen molar-refractivity contribution in [2.45, 2.75) is 32.7 Å². The summed E-state index contributed by atoms with van der Waals surface area (Å²) in [6, 6.07) is 16.3. The van der Waals surface area contributed by atoms with Crippen LogP contribution in [0.5, 0.6) is 0 Å². The van der Waals surface area contributed by atoms with Crippen LogP contribution in [0.25, 0.3) is 0 Å². The number of para-hydroxylation sites is 1. The molecule has 0 unspecified atom stereocenters. The van der Waals surface area contributed by atoms with Crippen LogP contribution in [0.4, 0.5) is 5.69 Å². The Kier molecular flexibility index (Phi) is 4.69. The molecule has 0 spiro atoms. The van der Waals surface area contributed by atoms with E-state index in [1.807, 2.05) is 36.4 Å². The lowest BCUT2D eigenvalue weighted by Gasteiger charge is -2.20. The van der Waals surface area contributed by atoms with Gasteiger partial charge < -0.3 is 5.43 Å². The van der Waals surface area contributed by atoms with E-state index in [0.29, 0.717) is 6.54 Å². The second kappa shape index (κ2) is 6.29. The van der Waals surface area contributed by atoms with Crippen molar-refractivity contribution >= 4 is 17.3 Å². The molecular weight excluding hydrogens is 268 g/mol. The summed E-state index contributed by atoms with van der Waals surface area (Å²) in [6.45, 7) is 7.29. The first-order valence-corrected chi connectivity index (χ1v) is 7.17. The Labute approximate surface area is 126 Å². The smallest absolute Gasteiger partial charge is 0.0487 e. The minimum Gasteiger partial charge on any atom is -0.321 e. The fraction of sp³-hybridized carbons (Fsp3) is 0.294.